The summed E-state index contributed by atoms with van der Waals surface area (Å²) in [6.07, 6.45) is 5.83. The van der Waals surface area contributed by atoms with Gasteiger partial charge in [0.1, 0.15) is 0 Å². The normalized spacial score (nSPS) is 44.8. The monoisotopic (exact) mass is 268 g/mol. The molecule has 0 spiro atoms. The second-order valence-corrected chi connectivity index (χ2v) is 7.40. The Labute approximate surface area is 121 Å². The molecule has 3 fully saturated rings. The molecule has 1 aromatic rings. The highest BCUT2D eigenvalue weighted by atomic mass is 15.1. The van der Waals surface area contributed by atoms with Gasteiger partial charge in [-0.15, -0.1) is 0 Å². The molecule has 2 bridgehead atoms. The molecule has 20 heavy (non-hydrogen) atoms. The van der Waals surface area contributed by atoms with Crippen molar-refractivity contribution in [2.24, 2.45) is 23.7 Å². The van der Waals surface area contributed by atoms with E-state index >= 15 is 0 Å². The minimum atomic E-state index is 0.580. The van der Waals surface area contributed by atoms with Crippen LogP contribution >= 0.6 is 0 Å². The van der Waals surface area contributed by atoms with Crippen LogP contribution in [0.2, 0.25) is 0 Å². The molecule has 0 radical (unpaired) electrons. The van der Waals surface area contributed by atoms with E-state index in [1.165, 1.54) is 24.8 Å². The summed E-state index contributed by atoms with van der Waals surface area (Å²) in [5.41, 5.74) is 3.05. The van der Waals surface area contributed by atoms with Gasteiger partial charge in [0.05, 0.1) is 0 Å². The van der Waals surface area contributed by atoms with Crippen molar-refractivity contribution in [2.45, 2.75) is 44.3 Å². The van der Waals surface area contributed by atoms with Gasteiger partial charge in [0.2, 0.25) is 0 Å². The van der Waals surface area contributed by atoms with Crippen LogP contribution in [0.1, 0.15) is 42.9 Å². The average molecular weight is 268 g/mol. The van der Waals surface area contributed by atoms with Crippen molar-refractivity contribution in [2.75, 3.05) is 6.54 Å². The summed E-state index contributed by atoms with van der Waals surface area (Å²) >= 11 is 0. The number of hydrogen-bond donors (Lipinski definition) is 2. The highest BCUT2D eigenvalue weighted by molar-refractivity contribution is 5.32. The minimum Gasteiger partial charge on any atom is -0.313 e. The van der Waals surface area contributed by atoms with E-state index in [9.17, 15) is 0 Å². The third-order valence-electron chi connectivity index (χ3n) is 6.48. The van der Waals surface area contributed by atoms with Gasteiger partial charge in [-0.1, -0.05) is 24.3 Å². The molecule has 0 saturated heterocycles. The molecular formula is C18H24N2. The van der Waals surface area contributed by atoms with Crippen molar-refractivity contribution < 1.29 is 0 Å². The van der Waals surface area contributed by atoms with E-state index in [1.54, 1.807) is 12.0 Å². The van der Waals surface area contributed by atoms with Crippen molar-refractivity contribution in [3.05, 3.63) is 35.4 Å². The van der Waals surface area contributed by atoms with Gasteiger partial charge in [-0.25, -0.2) is 0 Å². The van der Waals surface area contributed by atoms with E-state index in [4.69, 9.17) is 0 Å². The third-order valence-corrected chi connectivity index (χ3v) is 6.48. The van der Waals surface area contributed by atoms with Gasteiger partial charge in [-0.3, -0.25) is 0 Å². The highest BCUT2D eigenvalue weighted by Crippen LogP contribution is 2.66. The summed E-state index contributed by atoms with van der Waals surface area (Å²) in [6.45, 7) is 2.18. The van der Waals surface area contributed by atoms with Gasteiger partial charge >= 0.3 is 0 Å². The number of fused-ring (bicyclic) bond motifs is 6. The van der Waals surface area contributed by atoms with E-state index in [2.05, 4.69) is 34.9 Å². The maximum atomic E-state index is 4.05. The molecule has 2 N–H and O–H groups in total. The summed E-state index contributed by atoms with van der Waals surface area (Å²) < 4.78 is 0. The van der Waals surface area contributed by atoms with Crippen molar-refractivity contribution in [1.29, 1.82) is 0 Å². The van der Waals surface area contributed by atoms with E-state index < -0.39 is 0 Å². The van der Waals surface area contributed by atoms with Gasteiger partial charge in [0, 0.05) is 18.6 Å². The first-order valence-corrected chi connectivity index (χ1v) is 8.46. The topological polar surface area (TPSA) is 24.1 Å². The van der Waals surface area contributed by atoms with E-state index in [0.29, 0.717) is 6.04 Å². The fourth-order valence-corrected chi connectivity index (χ4v) is 5.61. The Morgan fingerprint density at radius 2 is 1.80 bits per heavy atom. The quantitative estimate of drug-likeness (QED) is 0.862. The molecule has 2 nitrogen and oxygen atoms in total. The smallest absolute Gasteiger partial charge is 0.0338 e. The largest absolute Gasteiger partial charge is 0.313 e. The molecule has 2 heteroatoms. The zero-order valence-corrected chi connectivity index (χ0v) is 12.0. The molecular weight excluding hydrogens is 244 g/mol. The second-order valence-electron chi connectivity index (χ2n) is 7.40. The lowest BCUT2D eigenvalue weighted by molar-refractivity contribution is 0.409. The van der Waals surface area contributed by atoms with Crippen molar-refractivity contribution >= 4 is 0 Å². The standard InChI is InChI=1S/C18H24N2/c1-2-4-14-13(3-1)10-19-8-7-15(14)20-18-16-11-5-6-12(9-11)17(16)18/h1-4,11-12,15-20H,5-10H2. The Bertz CT molecular complexity index is 510. The van der Waals surface area contributed by atoms with E-state index in [1.807, 2.05) is 0 Å². The number of benzene rings is 1. The van der Waals surface area contributed by atoms with Gasteiger partial charge < -0.3 is 10.6 Å². The molecule has 1 aromatic carbocycles. The van der Waals surface area contributed by atoms with Gasteiger partial charge in [-0.2, -0.15) is 0 Å². The van der Waals surface area contributed by atoms with Crippen LogP contribution in [0.3, 0.4) is 0 Å². The molecule has 4 aliphatic rings. The van der Waals surface area contributed by atoms with Crippen molar-refractivity contribution in [1.82, 2.24) is 10.6 Å². The molecule has 5 atom stereocenters. The molecule has 106 valence electrons. The minimum absolute atomic E-state index is 0.580. The maximum absolute atomic E-state index is 4.05. The second kappa shape index (κ2) is 4.32. The van der Waals surface area contributed by atoms with E-state index in [-0.39, 0.29) is 0 Å². The zero-order valence-electron chi connectivity index (χ0n) is 12.0. The van der Waals surface area contributed by atoms with Crippen molar-refractivity contribution in [3.63, 3.8) is 0 Å². The first kappa shape index (κ1) is 11.8. The summed E-state index contributed by atoms with van der Waals surface area (Å²) in [5.74, 6) is 4.22. The Morgan fingerprint density at radius 1 is 1.00 bits per heavy atom. The first-order chi connectivity index (χ1) is 9.92. The highest BCUT2D eigenvalue weighted by Gasteiger charge is 2.65. The summed E-state index contributed by atoms with van der Waals surface area (Å²) in [4.78, 5) is 0. The van der Waals surface area contributed by atoms with E-state index in [0.717, 1.165) is 42.8 Å². The molecule has 1 aliphatic heterocycles. The third kappa shape index (κ3) is 1.64. The predicted octanol–water partition coefficient (Wildman–Crippen LogP) is 2.86. The fourth-order valence-electron chi connectivity index (χ4n) is 5.61. The predicted molar refractivity (Wildman–Crippen MR) is 80.2 cm³/mol. The van der Waals surface area contributed by atoms with Crippen LogP contribution in [0.15, 0.2) is 24.3 Å². The Balaban J connectivity index is 1.37. The molecule has 3 aliphatic carbocycles. The molecule has 3 saturated carbocycles. The summed E-state index contributed by atoms with van der Waals surface area (Å²) in [6, 6.07) is 10.4. The molecule has 0 aromatic heterocycles. The Hall–Kier alpha value is -0.860. The zero-order chi connectivity index (χ0) is 13.1. The van der Waals surface area contributed by atoms with Crippen molar-refractivity contribution in [3.8, 4) is 0 Å². The van der Waals surface area contributed by atoms with Crippen LogP contribution in [0, 0.1) is 23.7 Å². The Kier molecular flexibility index (Phi) is 2.54. The maximum Gasteiger partial charge on any atom is 0.0338 e. The van der Waals surface area contributed by atoms with Crippen LogP contribution < -0.4 is 10.6 Å². The first-order valence-electron chi connectivity index (χ1n) is 8.46. The lowest BCUT2D eigenvalue weighted by Crippen LogP contribution is -2.29. The fraction of sp³-hybridized carbons (Fsp3) is 0.667. The molecule has 0 amide bonds. The molecule has 5 rings (SSSR count). The summed E-state index contributed by atoms with van der Waals surface area (Å²) in [5, 5.41) is 7.62. The van der Waals surface area contributed by atoms with Crippen LogP contribution in [-0.4, -0.2) is 12.6 Å². The Morgan fingerprint density at radius 3 is 2.65 bits per heavy atom. The number of rotatable bonds is 2. The van der Waals surface area contributed by atoms with Gasteiger partial charge in [0.15, 0.2) is 0 Å². The molecule has 5 unspecified atom stereocenters. The van der Waals surface area contributed by atoms with Crippen LogP contribution in [0.4, 0.5) is 0 Å². The van der Waals surface area contributed by atoms with Crippen LogP contribution in [0.25, 0.3) is 0 Å². The van der Waals surface area contributed by atoms with Gasteiger partial charge in [-0.05, 0) is 67.0 Å². The van der Waals surface area contributed by atoms with Crippen LogP contribution in [-0.2, 0) is 6.54 Å². The molecule has 1 heterocycles. The SMILES string of the molecule is c1ccc2c(c1)CNCCC2NC1C2C3CCC(C3)C12. The number of nitrogens with one attached hydrogen (secondary N) is 2. The lowest BCUT2D eigenvalue weighted by Gasteiger charge is -2.21. The average Bonchev–Trinajstić information content (AvgIpc) is 2.92. The van der Waals surface area contributed by atoms with Crippen LogP contribution in [0.5, 0.6) is 0 Å². The van der Waals surface area contributed by atoms with Gasteiger partial charge in [0.25, 0.3) is 0 Å². The summed E-state index contributed by atoms with van der Waals surface area (Å²) in [7, 11) is 0. The lowest BCUT2D eigenvalue weighted by atomic mass is 9.98. The number of hydrogen-bond acceptors (Lipinski definition) is 2.